The van der Waals surface area contributed by atoms with Crippen LogP contribution in [-0.4, -0.2) is 45.9 Å². The number of nitrogens with one attached hydrogen (secondary N) is 2. The Labute approximate surface area is 149 Å². The number of benzene rings is 1. The maximum atomic E-state index is 12.0. The van der Waals surface area contributed by atoms with E-state index in [2.05, 4.69) is 10.6 Å². The summed E-state index contributed by atoms with van der Waals surface area (Å²) < 4.78 is 15.2. The molecule has 0 heterocycles. The van der Waals surface area contributed by atoms with Crippen LogP contribution >= 0.6 is 0 Å². The lowest BCUT2D eigenvalue weighted by Gasteiger charge is -2.22. The average Bonchev–Trinajstić information content (AvgIpc) is 2.64. The van der Waals surface area contributed by atoms with E-state index in [1.54, 1.807) is 14.2 Å². The minimum atomic E-state index is -0.656. The van der Waals surface area contributed by atoms with E-state index in [9.17, 15) is 9.59 Å². The molecule has 0 saturated carbocycles. The van der Waals surface area contributed by atoms with Gasteiger partial charge in [-0.25, -0.2) is 9.59 Å². The van der Waals surface area contributed by atoms with Crippen LogP contribution in [0.2, 0.25) is 0 Å². The summed E-state index contributed by atoms with van der Waals surface area (Å²) in [7, 11) is 4.47. The zero-order chi connectivity index (χ0) is 18.8. The maximum absolute atomic E-state index is 12.0. The van der Waals surface area contributed by atoms with Crippen LogP contribution in [0.1, 0.15) is 25.8 Å². The summed E-state index contributed by atoms with van der Waals surface area (Å²) in [5, 5.41) is 5.43. The molecule has 2 amide bonds. The summed E-state index contributed by atoms with van der Waals surface area (Å²) in [5.41, 5.74) is 1.00. The lowest BCUT2D eigenvalue weighted by atomic mass is 9.99. The van der Waals surface area contributed by atoms with Crippen LogP contribution in [0.3, 0.4) is 0 Å². The first kappa shape index (κ1) is 20.6. The molecule has 25 heavy (non-hydrogen) atoms. The molecule has 0 aliphatic carbocycles. The number of esters is 1. The monoisotopic (exact) mass is 352 g/mol. The predicted octanol–water partition coefficient (Wildman–Crippen LogP) is 2.13. The fraction of sp³-hybridized carbons (Fsp3) is 0.556. The molecule has 1 rings (SSSR count). The van der Waals surface area contributed by atoms with Crippen LogP contribution in [0.5, 0.6) is 11.5 Å². The number of methoxy groups -OCH3 is 3. The number of carbonyl (C=O) groups excluding carboxylic acids is 2. The normalized spacial score (nSPS) is 12.7. The minimum absolute atomic E-state index is 0.0101. The van der Waals surface area contributed by atoms with Gasteiger partial charge < -0.3 is 24.8 Å². The Morgan fingerprint density at radius 3 is 2.36 bits per heavy atom. The smallest absolute Gasteiger partial charge is 0.328 e. The number of carbonyl (C=O) groups is 2. The predicted molar refractivity (Wildman–Crippen MR) is 95.0 cm³/mol. The molecule has 7 nitrogen and oxygen atoms in total. The lowest BCUT2D eigenvalue weighted by Crippen LogP contribution is -2.49. The quantitative estimate of drug-likeness (QED) is 0.665. The van der Waals surface area contributed by atoms with Gasteiger partial charge in [-0.05, 0) is 30.0 Å². The number of hydrogen-bond donors (Lipinski definition) is 2. The van der Waals surface area contributed by atoms with Crippen LogP contribution < -0.4 is 20.1 Å². The second-order valence-electron chi connectivity index (χ2n) is 5.73. The molecule has 0 fully saturated rings. The van der Waals surface area contributed by atoms with Crippen LogP contribution in [0.4, 0.5) is 4.79 Å². The fourth-order valence-electron chi connectivity index (χ4n) is 2.34. The van der Waals surface area contributed by atoms with E-state index >= 15 is 0 Å². The first-order valence-electron chi connectivity index (χ1n) is 8.29. The van der Waals surface area contributed by atoms with Gasteiger partial charge in [0, 0.05) is 6.54 Å². The molecule has 0 bridgehead atoms. The zero-order valence-electron chi connectivity index (χ0n) is 15.5. The molecule has 0 spiro atoms. The molecule has 0 aromatic heterocycles. The van der Waals surface area contributed by atoms with Gasteiger partial charge in [0.25, 0.3) is 0 Å². The Morgan fingerprint density at radius 2 is 1.80 bits per heavy atom. The van der Waals surface area contributed by atoms with E-state index in [4.69, 9.17) is 14.2 Å². The maximum Gasteiger partial charge on any atom is 0.328 e. The largest absolute Gasteiger partial charge is 0.493 e. The molecule has 0 saturated heterocycles. The van der Waals surface area contributed by atoms with Gasteiger partial charge in [0.1, 0.15) is 6.04 Å². The Hall–Kier alpha value is -2.44. The SMILES string of the molecule is CC[C@H](C)[C@H](NC(=O)NCCc1ccc(OC)c(OC)c1)C(=O)OC. The van der Waals surface area contributed by atoms with Gasteiger partial charge in [0.05, 0.1) is 21.3 Å². The Bertz CT molecular complexity index is 577. The Morgan fingerprint density at radius 1 is 1.12 bits per heavy atom. The standard InChI is InChI=1S/C18H28N2O5/c1-6-12(2)16(17(21)25-5)20-18(22)19-10-9-13-7-8-14(23-3)15(11-13)24-4/h7-8,11-12,16H,6,9-10H2,1-5H3,(H2,19,20,22)/t12-,16-/m0/s1. The number of urea groups is 1. The summed E-state index contributed by atoms with van der Waals surface area (Å²) >= 11 is 0. The lowest BCUT2D eigenvalue weighted by molar-refractivity contribution is -0.144. The van der Waals surface area contributed by atoms with Gasteiger partial charge in [-0.2, -0.15) is 0 Å². The highest BCUT2D eigenvalue weighted by Crippen LogP contribution is 2.27. The van der Waals surface area contributed by atoms with Crippen molar-refractivity contribution in [2.75, 3.05) is 27.9 Å². The highest BCUT2D eigenvalue weighted by molar-refractivity contribution is 5.83. The van der Waals surface area contributed by atoms with Crippen molar-refractivity contribution in [3.05, 3.63) is 23.8 Å². The number of ether oxygens (including phenoxy) is 3. The van der Waals surface area contributed by atoms with Crippen molar-refractivity contribution in [1.82, 2.24) is 10.6 Å². The van der Waals surface area contributed by atoms with Crippen LogP contribution in [0.15, 0.2) is 18.2 Å². The van der Waals surface area contributed by atoms with Crippen molar-refractivity contribution in [2.45, 2.75) is 32.7 Å². The molecule has 0 aliphatic rings. The molecule has 7 heteroatoms. The summed E-state index contributed by atoms with van der Waals surface area (Å²) in [5.74, 6) is 0.854. The van der Waals surface area contributed by atoms with Gasteiger partial charge in [0.15, 0.2) is 11.5 Å². The van der Waals surface area contributed by atoms with Gasteiger partial charge in [-0.3, -0.25) is 0 Å². The third kappa shape index (κ3) is 6.17. The summed E-state index contributed by atoms with van der Waals surface area (Å²) in [6.07, 6.45) is 1.38. The van der Waals surface area contributed by atoms with E-state index in [0.717, 1.165) is 12.0 Å². The van der Waals surface area contributed by atoms with Gasteiger partial charge >= 0.3 is 12.0 Å². The molecule has 0 aliphatic heterocycles. The van der Waals surface area contributed by atoms with Crippen molar-refractivity contribution in [3.8, 4) is 11.5 Å². The molecule has 140 valence electrons. The molecular formula is C18H28N2O5. The Balaban J connectivity index is 2.54. The first-order chi connectivity index (χ1) is 12.0. The van der Waals surface area contributed by atoms with Gasteiger partial charge in [-0.15, -0.1) is 0 Å². The zero-order valence-corrected chi connectivity index (χ0v) is 15.5. The molecule has 0 unspecified atom stereocenters. The summed E-state index contributed by atoms with van der Waals surface area (Å²) in [6.45, 7) is 4.28. The molecule has 2 N–H and O–H groups in total. The summed E-state index contributed by atoms with van der Waals surface area (Å²) in [6, 6.07) is 4.56. The van der Waals surface area contributed by atoms with Crippen LogP contribution in [-0.2, 0) is 16.0 Å². The highest BCUT2D eigenvalue weighted by atomic mass is 16.5. The minimum Gasteiger partial charge on any atom is -0.493 e. The summed E-state index contributed by atoms with van der Waals surface area (Å²) in [4.78, 5) is 23.8. The highest BCUT2D eigenvalue weighted by Gasteiger charge is 2.26. The number of amides is 2. The van der Waals surface area contributed by atoms with E-state index < -0.39 is 18.0 Å². The van der Waals surface area contributed by atoms with Crippen molar-refractivity contribution < 1.29 is 23.8 Å². The van der Waals surface area contributed by atoms with E-state index in [0.29, 0.717) is 24.5 Å². The molecular weight excluding hydrogens is 324 g/mol. The number of rotatable bonds is 9. The topological polar surface area (TPSA) is 85.9 Å². The van der Waals surface area contributed by atoms with Crippen molar-refractivity contribution in [2.24, 2.45) is 5.92 Å². The average molecular weight is 352 g/mol. The number of hydrogen-bond acceptors (Lipinski definition) is 5. The van der Waals surface area contributed by atoms with E-state index in [1.165, 1.54) is 7.11 Å². The Kier molecular flexibility index (Phi) is 8.60. The van der Waals surface area contributed by atoms with Crippen molar-refractivity contribution in [1.29, 1.82) is 0 Å². The third-order valence-electron chi connectivity index (χ3n) is 4.10. The first-order valence-corrected chi connectivity index (χ1v) is 8.29. The van der Waals surface area contributed by atoms with E-state index in [-0.39, 0.29) is 5.92 Å². The second kappa shape index (κ2) is 10.4. The van der Waals surface area contributed by atoms with Crippen LogP contribution in [0, 0.1) is 5.92 Å². The molecule has 1 aromatic rings. The van der Waals surface area contributed by atoms with E-state index in [1.807, 2.05) is 32.0 Å². The fourth-order valence-corrected chi connectivity index (χ4v) is 2.34. The third-order valence-corrected chi connectivity index (χ3v) is 4.10. The van der Waals surface area contributed by atoms with Crippen molar-refractivity contribution >= 4 is 12.0 Å². The second-order valence-corrected chi connectivity index (χ2v) is 5.73. The molecule has 2 atom stereocenters. The van der Waals surface area contributed by atoms with Crippen molar-refractivity contribution in [3.63, 3.8) is 0 Å². The van der Waals surface area contributed by atoms with Gasteiger partial charge in [0.2, 0.25) is 0 Å². The van der Waals surface area contributed by atoms with Gasteiger partial charge in [-0.1, -0.05) is 26.3 Å². The molecule has 1 aromatic carbocycles. The molecule has 0 radical (unpaired) electrons. The van der Waals surface area contributed by atoms with Crippen LogP contribution in [0.25, 0.3) is 0 Å².